The van der Waals surface area contributed by atoms with Gasteiger partial charge in [-0.05, 0) is 12.1 Å². The lowest BCUT2D eigenvalue weighted by atomic mass is 10.0. The van der Waals surface area contributed by atoms with Crippen molar-refractivity contribution < 1.29 is 4.79 Å². The number of hydrogen-bond acceptors (Lipinski definition) is 3. The van der Waals surface area contributed by atoms with Crippen LogP contribution in [-0.4, -0.2) is 17.2 Å². The first-order valence-corrected chi connectivity index (χ1v) is 6.00. The van der Waals surface area contributed by atoms with Gasteiger partial charge in [-0.3, -0.25) is 20.2 Å². The monoisotopic (exact) mass is 233 g/mol. The fourth-order valence-corrected chi connectivity index (χ4v) is 1.77. The molecule has 0 atom stereocenters. The van der Waals surface area contributed by atoms with Gasteiger partial charge in [0, 0.05) is 11.8 Å². The minimum absolute atomic E-state index is 0.129. The number of nitrogens with one attached hydrogen (secondary N) is 2. The second-order valence-corrected chi connectivity index (χ2v) is 4.12. The summed E-state index contributed by atoms with van der Waals surface area (Å²) in [7, 11) is 0. The molecule has 92 valence electrons. The summed E-state index contributed by atoms with van der Waals surface area (Å²) in [4.78, 5) is 10.2. The molecule has 1 aromatic rings. The zero-order valence-electron chi connectivity index (χ0n) is 9.98. The number of aldehydes is 1. The third-order valence-corrected chi connectivity index (χ3v) is 2.78. The van der Waals surface area contributed by atoms with E-state index in [0.717, 1.165) is 6.34 Å². The van der Waals surface area contributed by atoms with Crippen LogP contribution in [0.5, 0.6) is 0 Å². The molecule has 0 radical (unpaired) electrons. The molecule has 1 saturated carbocycles. The van der Waals surface area contributed by atoms with Crippen LogP contribution < -0.4 is 5.49 Å². The van der Waals surface area contributed by atoms with Crippen molar-refractivity contribution in [3.63, 3.8) is 0 Å². The lowest BCUT2D eigenvalue weighted by Crippen LogP contribution is -2.18. The number of hydrogen-bond donors (Lipinski definition) is 2. The predicted molar refractivity (Wildman–Crippen MR) is 67.6 cm³/mol. The van der Waals surface area contributed by atoms with E-state index in [0.29, 0.717) is 11.8 Å². The van der Waals surface area contributed by atoms with Gasteiger partial charge in [-0.25, -0.2) is 0 Å². The first kappa shape index (κ1) is 13.4. The van der Waals surface area contributed by atoms with Crippen molar-refractivity contribution in [2.45, 2.75) is 38.5 Å². The summed E-state index contributed by atoms with van der Waals surface area (Å²) in [6, 6.07) is 2.95. The molecule has 0 spiro atoms. The van der Waals surface area contributed by atoms with Crippen molar-refractivity contribution in [1.82, 2.24) is 4.57 Å². The fourth-order valence-electron chi connectivity index (χ4n) is 1.77. The van der Waals surface area contributed by atoms with Gasteiger partial charge in [0.2, 0.25) is 0 Å². The number of carbonyl (C=O) groups excluding carboxylic acids is 1. The molecule has 1 fully saturated rings. The Morgan fingerprint density at radius 3 is 2.00 bits per heavy atom. The molecule has 1 aromatic heterocycles. The number of rotatable bonds is 2. The van der Waals surface area contributed by atoms with E-state index >= 15 is 0 Å². The number of aromatic nitrogens is 1. The second-order valence-electron chi connectivity index (χ2n) is 4.12. The van der Waals surface area contributed by atoms with Crippen molar-refractivity contribution in [3.8, 4) is 0 Å². The molecule has 2 rings (SSSR count). The number of nitrogens with zero attached hydrogens (tertiary/aromatic N) is 1. The van der Waals surface area contributed by atoms with Gasteiger partial charge in [0.1, 0.15) is 11.8 Å². The van der Waals surface area contributed by atoms with Crippen LogP contribution in [0.4, 0.5) is 0 Å². The van der Waals surface area contributed by atoms with Gasteiger partial charge in [0.05, 0.1) is 6.34 Å². The Kier molecular flexibility index (Phi) is 5.93. The van der Waals surface area contributed by atoms with E-state index in [4.69, 9.17) is 10.8 Å². The van der Waals surface area contributed by atoms with E-state index in [1.54, 1.807) is 6.07 Å². The first-order valence-electron chi connectivity index (χ1n) is 6.00. The Morgan fingerprint density at radius 2 is 1.65 bits per heavy atom. The van der Waals surface area contributed by atoms with Crippen LogP contribution in [0.3, 0.4) is 0 Å². The van der Waals surface area contributed by atoms with Crippen LogP contribution >= 0.6 is 0 Å². The van der Waals surface area contributed by atoms with Crippen LogP contribution in [0.1, 0.15) is 48.9 Å². The molecule has 1 heterocycles. The molecule has 1 aliphatic carbocycles. The molecule has 0 saturated heterocycles. The average molecular weight is 233 g/mol. The Labute approximate surface area is 101 Å². The van der Waals surface area contributed by atoms with E-state index in [2.05, 4.69) is 0 Å². The topological polar surface area (TPSA) is 69.7 Å². The van der Waals surface area contributed by atoms with Gasteiger partial charge >= 0.3 is 0 Å². The van der Waals surface area contributed by atoms with Crippen LogP contribution in [-0.2, 0) is 0 Å². The summed E-state index contributed by atoms with van der Waals surface area (Å²) in [6.07, 6.45) is 12.2. The lowest BCUT2D eigenvalue weighted by molar-refractivity contribution is 0.112. The molecular weight excluding hydrogens is 214 g/mol. The van der Waals surface area contributed by atoms with Crippen LogP contribution in [0.25, 0.3) is 0 Å². The summed E-state index contributed by atoms with van der Waals surface area (Å²) >= 11 is 0. The molecule has 0 unspecified atom stereocenters. The van der Waals surface area contributed by atoms with Crippen molar-refractivity contribution in [2.75, 3.05) is 0 Å². The highest BCUT2D eigenvalue weighted by molar-refractivity contribution is 5.74. The van der Waals surface area contributed by atoms with Crippen molar-refractivity contribution in [1.29, 1.82) is 10.8 Å². The highest BCUT2D eigenvalue weighted by Crippen LogP contribution is 2.15. The maximum absolute atomic E-state index is 10.2. The van der Waals surface area contributed by atoms with Crippen molar-refractivity contribution >= 4 is 12.6 Å². The summed E-state index contributed by atoms with van der Waals surface area (Å²) in [5, 5.41) is 14.1. The SMILES string of the molecule is C1CCCCC1.N=Cn1ccc(C=O)cc1=N. The van der Waals surface area contributed by atoms with E-state index in [-0.39, 0.29) is 5.49 Å². The largest absolute Gasteiger partial charge is 0.298 e. The van der Waals surface area contributed by atoms with Gasteiger partial charge < -0.3 is 0 Å². The van der Waals surface area contributed by atoms with Crippen molar-refractivity contribution in [2.24, 2.45) is 0 Å². The Balaban J connectivity index is 0.000000202. The highest BCUT2D eigenvalue weighted by Gasteiger charge is 1.95. The van der Waals surface area contributed by atoms with Gasteiger partial charge in [-0.15, -0.1) is 0 Å². The molecule has 1 aliphatic rings. The minimum atomic E-state index is 0.129. The Hall–Kier alpha value is -1.71. The quantitative estimate of drug-likeness (QED) is 0.460. The van der Waals surface area contributed by atoms with Gasteiger partial charge in [0.15, 0.2) is 0 Å². The fraction of sp³-hybridized carbons (Fsp3) is 0.462. The molecule has 0 amide bonds. The summed E-state index contributed by atoms with van der Waals surface area (Å²) in [6.45, 7) is 0. The van der Waals surface area contributed by atoms with Crippen LogP contribution in [0.15, 0.2) is 18.3 Å². The second kappa shape index (κ2) is 7.54. The molecule has 0 bridgehead atoms. The summed E-state index contributed by atoms with van der Waals surface area (Å²) < 4.78 is 1.30. The van der Waals surface area contributed by atoms with Crippen LogP contribution in [0.2, 0.25) is 0 Å². The molecule has 4 heteroatoms. The zero-order valence-corrected chi connectivity index (χ0v) is 9.98. The predicted octanol–water partition coefficient (Wildman–Crippen LogP) is 2.58. The maximum atomic E-state index is 10.2. The molecule has 0 aromatic carbocycles. The Morgan fingerprint density at radius 1 is 1.12 bits per heavy atom. The summed E-state index contributed by atoms with van der Waals surface area (Å²) in [5.74, 6) is 0. The third-order valence-electron chi connectivity index (χ3n) is 2.78. The molecule has 2 N–H and O–H groups in total. The molecule has 0 aliphatic heterocycles. The van der Waals surface area contributed by atoms with Crippen molar-refractivity contribution in [3.05, 3.63) is 29.4 Å². The first-order chi connectivity index (χ1) is 8.27. The standard InChI is InChI=1S/C7H7N3O.C6H12/c8-5-10-2-1-6(4-11)3-7(10)9;1-2-4-6-5-3-1/h1-5,8-9H;1-6H2. The number of pyridine rings is 1. The summed E-state index contributed by atoms with van der Waals surface area (Å²) in [5.41, 5.74) is 0.581. The molecule has 4 nitrogen and oxygen atoms in total. The molecular formula is C13H19N3O. The van der Waals surface area contributed by atoms with Gasteiger partial charge in [-0.1, -0.05) is 38.5 Å². The third kappa shape index (κ3) is 4.76. The van der Waals surface area contributed by atoms with Crippen LogP contribution in [0, 0.1) is 10.8 Å². The van der Waals surface area contributed by atoms with E-state index < -0.39 is 0 Å². The van der Waals surface area contributed by atoms with Gasteiger partial charge in [-0.2, -0.15) is 0 Å². The highest BCUT2D eigenvalue weighted by atomic mass is 16.1. The maximum Gasteiger partial charge on any atom is 0.150 e. The Bertz CT molecular complexity index is 407. The molecule has 17 heavy (non-hydrogen) atoms. The van der Waals surface area contributed by atoms with E-state index in [1.807, 2.05) is 0 Å². The minimum Gasteiger partial charge on any atom is -0.298 e. The average Bonchev–Trinajstić information content (AvgIpc) is 2.41. The van der Waals surface area contributed by atoms with E-state index in [1.165, 1.54) is 55.4 Å². The zero-order chi connectivity index (χ0) is 12.5. The lowest BCUT2D eigenvalue weighted by Gasteiger charge is -2.05. The van der Waals surface area contributed by atoms with E-state index in [9.17, 15) is 4.79 Å². The normalized spacial score (nSPS) is 14.4. The smallest absolute Gasteiger partial charge is 0.150 e. The number of carbonyl (C=O) groups is 1. The van der Waals surface area contributed by atoms with Gasteiger partial charge in [0.25, 0.3) is 0 Å².